The van der Waals surface area contributed by atoms with Crippen LogP contribution < -0.4 is 0 Å². The van der Waals surface area contributed by atoms with E-state index in [0.717, 1.165) is 18.4 Å². The molecule has 0 spiro atoms. The fourth-order valence-electron chi connectivity index (χ4n) is 3.74. The Balaban J connectivity index is 2.00. The molecule has 1 saturated carbocycles. The van der Waals surface area contributed by atoms with Crippen LogP contribution in [-0.4, -0.2) is 16.5 Å². The molecule has 0 aromatic heterocycles. The van der Waals surface area contributed by atoms with E-state index in [1.54, 1.807) is 0 Å². The Morgan fingerprint density at radius 3 is 2.27 bits per heavy atom. The second-order valence-electron chi connectivity index (χ2n) is 6.47. The number of rotatable bonds is 3. The first-order valence-electron chi connectivity index (χ1n) is 7.96. The van der Waals surface area contributed by atoms with Crippen molar-refractivity contribution in [1.82, 2.24) is 0 Å². The Labute approximate surface area is 131 Å². The van der Waals surface area contributed by atoms with Crippen molar-refractivity contribution in [3.63, 3.8) is 0 Å². The average Bonchev–Trinajstić information content (AvgIpc) is 2.55. The number of carbonyl (C=O) groups is 1. The van der Waals surface area contributed by atoms with Gasteiger partial charge in [-0.2, -0.15) is 0 Å². The van der Waals surface area contributed by atoms with Crippen LogP contribution in [0.5, 0.6) is 0 Å². The van der Waals surface area contributed by atoms with Gasteiger partial charge in [0.1, 0.15) is 0 Å². The summed E-state index contributed by atoms with van der Waals surface area (Å²) in [5.41, 5.74) is 0.887. The van der Waals surface area contributed by atoms with E-state index >= 15 is 0 Å². The minimum atomic E-state index is -0.953. The third-order valence-corrected chi connectivity index (χ3v) is 4.84. The maximum absolute atomic E-state index is 13.0. The number of benzene rings is 2. The molecule has 0 aliphatic heterocycles. The second kappa shape index (κ2) is 6.05. The van der Waals surface area contributed by atoms with E-state index in [1.807, 2.05) is 55.5 Å². The van der Waals surface area contributed by atoms with E-state index in [9.17, 15) is 9.90 Å². The van der Waals surface area contributed by atoms with Gasteiger partial charge in [-0.15, -0.1) is 0 Å². The molecule has 1 aliphatic rings. The minimum absolute atomic E-state index is 0.0548. The summed E-state index contributed by atoms with van der Waals surface area (Å²) in [7, 11) is 0. The molecule has 1 N–H and O–H groups in total. The van der Waals surface area contributed by atoms with Gasteiger partial charge in [0.15, 0.2) is 5.78 Å². The molecule has 2 aromatic carbocycles. The Morgan fingerprint density at radius 2 is 1.64 bits per heavy atom. The molecule has 114 valence electrons. The lowest BCUT2D eigenvalue weighted by Gasteiger charge is -2.42. The number of aliphatic hydroxyl groups is 1. The van der Waals surface area contributed by atoms with E-state index in [1.165, 1.54) is 0 Å². The highest BCUT2D eigenvalue weighted by atomic mass is 16.3. The number of ketones is 1. The highest BCUT2D eigenvalue weighted by Crippen LogP contribution is 2.45. The van der Waals surface area contributed by atoms with Crippen molar-refractivity contribution in [3.05, 3.63) is 71.8 Å². The van der Waals surface area contributed by atoms with Crippen molar-refractivity contribution >= 4 is 5.78 Å². The largest absolute Gasteiger partial charge is 0.389 e. The fourth-order valence-corrected chi connectivity index (χ4v) is 3.74. The third kappa shape index (κ3) is 2.84. The lowest BCUT2D eigenvalue weighted by Crippen LogP contribution is -2.46. The molecule has 2 heteroatoms. The van der Waals surface area contributed by atoms with Gasteiger partial charge in [-0.25, -0.2) is 0 Å². The quantitative estimate of drug-likeness (QED) is 0.861. The van der Waals surface area contributed by atoms with Gasteiger partial charge >= 0.3 is 0 Å². The van der Waals surface area contributed by atoms with Crippen LogP contribution in [0.4, 0.5) is 0 Å². The lowest BCUT2D eigenvalue weighted by molar-refractivity contribution is -0.0301. The van der Waals surface area contributed by atoms with E-state index in [2.05, 4.69) is 12.1 Å². The van der Waals surface area contributed by atoms with Crippen molar-refractivity contribution in [1.29, 1.82) is 0 Å². The molecule has 2 aromatic rings. The summed E-state index contributed by atoms with van der Waals surface area (Å²) in [5, 5.41) is 10.9. The SMILES string of the molecule is C[C@@]1(O)CCC[C@@H](c2ccccc2)[C@@H]1C(=O)c1ccccc1. The molecular formula is C20H22O2. The Hall–Kier alpha value is -1.93. The number of hydrogen-bond acceptors (Lipinski definition) is 2. The molecule has 3 rings (SSSR count). The monoisotopic (exact) mass is 294 g/mol. The molecule has 22 heavy (non-hydrogen) atoms. The highest BCUT2D eigenvalue weighted by Gasteiger charge is 2.45. The zero-order chi connectivity index (χ0) is 15.6. The standard InChI is InChI=1S/C20H22O2/c1-20(22)14-8-13-17(15-9-4-2-5-10-15)18(20)19(21)16-11-6-3-7-12-16/h2-7,9-12,17-18,22H,8,13-14H2,1H3/t17-,18+,20+/m0/s1. The van der Waals surface area contributed by atoms with Crippen molar-refractivity contribution in [3.8, 4) is 0 Å². The van der Waals surface area contributed by atoms with E-state index in [-0.39, 0.29) is 17.6 Å². The van der Waals surface area contributed by atoms with Gasteiger partial charge in [-0.05, 0) is 37.7 Å². The summed E-state index contributed by atoms with van der Waals surface area (Å²) >= 11 is 0. The lowest BCUT2D eigenvalue weighted by atomic mass is 9.65. The van der Waals surface area contributed by atoms with Gasteiger partial charge < -0.3 is 5.11 Å². The molecule has 0 amide bonds. The van der Waals surface area contributed by atoms with Crippen LogP contribution in [0.2, 0.25) is 0 Å². The maximum Gasteiger partial charge on any atom is 0.169 e. The first-order chi connectivity index (χ1) is 10.6. The van der Waals surface area contributed by atoms with Crippen LogP contribution >= 0.6 is 0 Å². The summed E-state index contributed by atoms with van der Waals surface area (Å²) in [6, 6.07) is 19.5. The third-order valence-electron chi connectivity index (χ3n) is 4.84. The maximum atomic E-state index is 13.0. The van der Waals surface area contributed by atoms with E-state index < -0.39 is 5.60 Å². The fraction of sp³-hybridized carbons (Fsp3) is 0.350. The predicted molar refractivity (Wildman–Crippen MR) is 87.9 cm³/mol. The van der Waals surface area contributed by atoms with Crippen molar-refractivity contribution in [2.45, 2.75) is 37.7 Å². The van der Waals surface area contributed by atoms with Gasteiger partial charge in [0.25, 0.3) is 0 Å². The van der Waals surface area contributed by atoms with E-state index in [4.69, 9.17) is 0 Å². The Morgan fingerprint density at radius 1 is 1.05 bits per heavy atom. The van der Waals surface area contributed by atoms with Crippen LogP contribution in [-0.2, 0) is 0 Å². The summed E-state index contributed by atoms with van der Waals surface area (Å²) in [5.74, 6) is -0.247. The normalized spacial score (nSPS) is 28.3. The molecular weight excluding hydrogens is 272 g/mol. The van der Waals surface area contributed by atoms with Crippen LogP contribution in [0.15, 0.2) is 60.7 Å². The zero-order valence-electron chi connectivity index (χ0n) is 12.9. The Kier molecular flexibility index (Phi) is 4.12. The molecule has 0 heterocycles. The molecule has 0 saturated heterocycles. The van der Waals surface area contributed by atoms with Gasteiger partial charge in [-0.1, -0.05) is 60.7 Å². The molecule has 0 unspecified atom stereocenters. The topological polar surface area (TPSA) is 37.3 Å². The van der Waals surface area contributed by atoms with Crippen LogP contribution in [0.1, 0.15) is 48.0 Å². The van der Waals surface area contributed by atoms with Gasteiger partial charge in [0.05, 0.1) is 11.5 Å². The summed E-state index contributed by atoms with van der Waals surface area (Å²) in [6.45, 7) is 1.81. The molecule has 0 radical (unpaired) electrons. The minimum Gasteiger partial charge on any atom is -0.389 e. The first-order valence-corrected chi connectivity index (χ1v) is 7.96. The van der Waals surface area contributed by atoms with Crippen molar-refractivity contribution in [2.75, 3.05) is 0 Å². The van der Waals surface area contributed by atoms with Crippen LogP contribution in [0.3, 0.4) is 0 Å². The van der Waals surface area contributed by atoms with Crippen LogP contribution in [0, 0.1) is 5.92 Å². The summed E-state index contributed by atoms with van der Waals surface area (Å²) < 4.78 is 0. The van der Waals surface area contributed by atoms with Gasteiger partial charge in [0, 0.05) is 5.56 Å². The molecule has 0 bridgehead atoms. The molecule has 1 fully saturated rings. The molecule has 3 atom stereocenters. The van der Waals surface area contributed by atoms with Gasteiger partial charge in [0.2, 0.25) is 0 Å². The van der Waals surface area contributed by atoms with Crippen molar-refractivity contribution in [2.24, 2.45) is 5.92 Å². The molecule has 2 nitrogen and oxygen atoms in total. The van der Waals surface area contributed by atoms with Crippen molar-refractivity contribution < 1.29 is 9.90 Å². The second-order valence-corrected chi connectivity index (χ2v) is 6.47. The summed E-state index contributed by atoms with van der Waals surface area (Å²) in [4.78, 5) is 13.0. The number of hydrogen-bond donors (Lipinski definition) is 1. The number of Topliss-reactive ketones (excluding diaryl/α,β-unsaturated/α-hetero) is 1. The summed E-state index contributed by atoms with van der Waals surface area (Å²) in [6.07, 6.45) is 2.58. The zero-order valence-corrected chi connectivity index (χ0v) is 12.9. The van der Waals surface area contributed by atoms with Gasteiger partial charge in [-0.3, -0.25) is 4.79 Å². The molecule has 1 aliphatic carbocycles. The average molecular weight is 294 g/mol. The highest BCUT2D eigenvalue weighted by molar-refractivity contribution is 5.99. The predicted octanol–water partition coefficient (Wildman–Crippen LogP) is 4.20. The van der Waals surface area contributed by atoms with Crippen LogP contribution in [0.25, 0.3) is 0 Å². The smallest absolute Gasteiger partial charge is 0.169 e. The number of carbonyl (C=O) groups excluding carboxylic acids is 1. The first kappa shape index (κ1) is 15.0. The Bertz CT molecular complexity index is 631. The van der Waals surface area contributed by atoms with E-state index in [0.29, 0.717) is 12.0 Å².